The third-order valence-electron chi connectivity index (χ3n) is 5.12. The Labute approximate surface area is 172 Å². The summed E-state index contributed by atoms with van der Waals surface area (Å²) in [7, 11) is 0. The SMILES string of the molecule is O=C(Nc1ccc(NC(=O)c2cc(C3CC3)nc3ccccc23)cc1)c1ccco1. The van der Waals surface area contributed by atoms with Crippen molar-refractivity contribution in [1.82, 2.24) is 4.98 Å². The van der Waals surface area contributed by atoms with Crippen LogP contribution in [0.15, 0.2) is 77.4 Å². The highest BCUT2D eigenvalue weighted by atomic mass is 16.3. The van der Waals surface area contributed by atoms with Gasteiger partial charge in [-0.1, -0.05) is 18.2 Å². The zero-order valence-corrected chi connectivity index (χ0v) is 16.1. The Kier molecular flexibility index (Phi) is 4.52. The van der Waals surface area contributed by atoms with E-state index in [4.69, 9.17) is 9.40 Å². The smallest absolute Gasteiger partial charge is 0.291 e. The van der Waals surface area contributed by atoms with Gasteiger partial charge >= 0.3 is 0 Å². The first kappa shape index (κ1) is 18.1. The summed E-state index contributed by atoms with van der Waals surface area (Å²) in [5.41, 5.74) is 3.69. The molecule has 2 amide bonds. The Balaban J connectivity index is 1.35. The number of amides is 2. The molecular weight excluding hydrogens is 378 g/mol. The molecule has 2 heterocycles. The maximum atomic E-state index is 13.0. The molecule has 1 saturated carbocycles. The van der Waals surface area contributed by atoms with Crippen LogP contribution in [0.3, 0.4) is 0 Å². The van der Waals surface area contributed by atoms with Crippen molar-refractivity contribution < 1.29 is 14.0 Å². The van der Waals surface area contributed by atoms with Crippen molar-refractivity contribution in [2.24, 2.45) is 0 Å². The van der Waals surface area contributed by atoms with Gasteiger partial charge in [0.2, 0.25) is 0 Å². The fourth-order valence-electron chi connectivity index (χ4n) is 3.41. The van der Waals surface area contributed by atoms with Crippen LogP contribution in [0.2, 0.25) is 0 Å². The summed E-state index contributed by atoms with van der Waals surface area (Å²) in [4.78, 5) is 29.8. The number of para-hydroxylation sites is 1. The first-order chi connectivity index (χ1) is 14.7. The maximum absolute atomic E-state index is 13.0. The standard InChI is InChI=1S/C24H19N3O3/c28-23(19-14-21(15-7-8-15)27-20-5-2-1-4-18(19)20)25-16-9-11-17(12-10-16)26-24(29)22-6-3-13-30-22/h1-6,9-15H,7-8H2,(H,25,28)(H,26,29). The van der Waals surface area contributed by atoms with Crippen LogP contribution in [-0.2, 0) is 0 Å². The molecule has 148 valence electrons. The maximum Gasteiger partial charge on any atom is 0.291 e. The Morgan fingerprint density at radius 3 is 2.23 bits per heavy atom. The molecule has 4 aromatic rings. The number of nitrogens with zero attached hydrogens (tertiary/aromatic N) is 1. The average molecular weight is 397 g/mol. The van der Waals surface area contributed by atoms with Crippen LogP contribution in [-0.4, -0.2) is 16.8 Å². The normalized spacial score (nSPS) is 13.2. The van der Waals surface area contributed by atoms with Crippen molar-refractivity contribution in [3.8, 4) is 0 Å². The molecule has 2 aromatic heterocycles. The number of hydrogen-bond acceptors (Lipinski definition) is 4. The zero-order valence-electron chi connectivity index (χ0n) is 16.1. The van der Waals surface area contributed by atoms with Gasteiger partial charge in [0.15, 0.2) is 5.76 Å². The zero-order chi connectivity index (χ0) is 20.5. The molecule has 6 heteroatoms. The lowest BCUT2D eigenvalue weighted by Crippen LogP contribution is -2.14. The summed E-state index contributed by atoms with van der Waals surface area (Å²) in [5, 5.41) is 6.54. The van der Waals surface area contributed by atoms with Crippen LogP contribution in [0.4, 0.5) is 11.4 Å². The number of pyridine rings is 1. The third-order valence-corrected chi connectivity index (χ3v) is 5.12. The third kappa shape index (κ3) is 3.67. The molecule has 0 radical (unpaired) electrons. The molecule has 6 nitrogen and oxygen atoms in total. The van der Waals surface area contributed by atoms with Gasteiger partial charge in [-0.2, -0.15) is 0 Å². The predicted octanol–water partition coefficient (Wildman–Crippen LogP) is 5.21. The largest absolute Gasteiger partial charge is 0.459 e. The van der Waals surface area contributed by atoms with Crippen molar-refractivity contribution in [2.45, 2.75) is 18.8 Å². The van der Waals surface area contributed by atoms with E-state index in [0.717, 1.165) is 29.4 Å². The summed E-state index contributed by atoms with van der Waals surface area (Å²) in [6, 6.07) is 19.8. The van der Waals surface area contributed by atoms with E-state index < -0.39 is 0 Å². The van der Waals surface area contributed by atoms with Gasteiger partial charge in [0.25, 0.3) is 11.8 Å². The number of furan rings is 1. The van der Waals surface area contributed by atoms with Crippen molar-refractivity contribution in [1.29, 1.82) is 0 Å². The van der Waals surface area contributed by atoms with Crippen LogP contribution in [0.5, 0.6) is 0 Å². The number of fused-ring (bicyclic) bond motifs is 1. The highest BCUT2D eigenvalue weighted by Gasteiger charge is 2.27. The van der Waals surface area contributed by atoms with E-state index in [1.54, 1.807) is 36.4 Å². The molecule has 0 unspecified atom stereocenters. The Bertz CT molecular complexity index is 1230. The fraction of sp³-hybridized carbons (Fsp3) is 0.125. The predicted molar refractivity (Wildman–Crippen MR) is 115 cm³/mol. The summed E-state index contributed by atoms with van der Waals surface area (Å²) < 4.78 is 5.08. The topological polar surface area (TPSA) is 84.2 Å². The molecule has 2 N–H and O–H groups in total. The minimum absolute atomic E-state index is 0.178. The lowest BCUT2D eigenvalue weighted by Gasteiger charge is -2.11. The molecule has 0 bridgehead atoms. The lowest BCUT2D eigenvalue weighted by atomic mass is 10.1. The summed E-state index contributed by atoms with van der Waals surface area (Å²) in [6.07, 6.45) is 3.69. The Hall–Kier alpha value is -3.93. The van der Waals surface area contributed by atoms with Crippen molar-refractivity contribution >= 4 is 34.1 Å². The minimum Gasteiger partial charge on any atom is -0.459 e. The molecule has 1 aliphatic carbocycles. The second-order valence-corrected chi connectivity index (χ2v) is 7.35. The van der Waals surface area contributed by atoms with Crippen molar-refractivity contribution in [3.05, 3.63) is 90.0 Å². The number of nitrogens with one attached hydrogen (secondary N) is 2. The van der Waals surface area contributed by atoms with E-state index in [9.17, 15) is 9.59 Å². The lowest BCUT2D eigenvalue weighted by molar-refractivity contribution is 0.0994. The molecule has 0 atom stereocenters. The van der Waals surface area contributed by atoms with Gasteiger partial charge in [0.05, 0.1) is 17.3 Å². The van der Waals surface area contributed by atoms with Gasteiger partial charge in [-0.05, 0) is 61.4 Å². The quantitative estimate of drug-likeness (QED) is 0.484. The molecule has 0 aliphatic heterocycles. The van der Waals surface area contributed by atoms with E-state index in [1.165, 1.54) is 6.26 Å². The molecule has 0 spiro atoms. The molecule has 2 aromatic carbocycles. The molecule has 30 heavy (non-hydrogen) atoms. The number of carbonyl (C=O) groups excluding carboxylic acids is 2. The van der Waals surface area contributed by atoms with Gasteiger partial charge < -0.3 is 15.1 Å². The number of rotatable bonds is 5. The van der Waals surface area contributed by atoms with E-state index in [0.29, 0.717) is 22.9 Å². The van der Waals surface area contributed by atoms with Gasteiger partial charge in [-0.3, -0.25) is 14.6 Å². The fourth-order valence-corrected chi connectivity index (χ4v) is 3.41. The van der Waals surface area contributed by atoms with Crippen molar-refractivity contribution in [2.75, 3.05) is 10.6 Å². The first-order valence-electron chi connectivity index (χ1n) is 9.83. The Morgan fingerprint density at radius 2 is 1.57 bits per heavy atom. The number of aromatic nitrogens is 1. The Morgan fingerprint density at radius 1 is 0.867 bits per heavy atom. The van der Waals surface area contributed by atoms with E-state index >= 15 is 0 Å². The molecule has 1 fully saturated rings. The molecule has 1 aliphatic rings. The van der Waals surface area contributed by atoms with Gasteiger partial charge in [-0.15, -0.1) is 0 Å². The van der Waals surface area contributed by atoms with E-state index in [2.05, 4.69) is 10.6 Å². The summed E-state index contributed by atoms with van der Waals surface area (Å²) in [5.74, 6) is 0.192. The average Bonchev–Trinajstić information content (AvgIpc) is 3.47. The summed E-state index contributed by atoms with van der Waals surface area (Å²) in [6.45, 7) is 0. The second-order valence-electron chi connectivity index (χ2n) is 7.35. The van der Waals surface area contributed by atoms with Gasteiger partial charge in [-0.25, -0.2) is 0 Å². The van der Waals surface area contributed by atoms with Crippen LogP contribution in [0, 0.1) is 0 Å². The molecular formula is C24H19N3O3. The second kappa shape index (κ2) is 7.48. The highest BCUT2D eigenvalue weighted by molar-refractivity contribution is 6.12. The van der Waals surface area contributed by atoms with Crippen LogP contribution >= 0.6 is 0 Å². The molecule has 5 rings (SSSR count). The number of hydrogen-bond donors (Lipinski definition) is 2. The van der Waals surface area contributed by atoms with Crippen LogP contribution < -0.4 is 10.6 Å². The monoisotopic (exact) mass is 397 g/mol. The minimum atomic E-state index is -0.326. The van der Waals surface area contributed by atoms with E-state index in [1.807, 2.05) is 30.3 Å². The number of anilines is 2. The summed E-state index contributed by atoms with van der Waals surface area (Å²) >= 11 is 0. The van der Waals surface area contributed by atoms with E-state index in [-0.39, 0.29) is 17.6 Å². The molecule has 0 saturated heterocycles. The number of benzene rings is 2. The first-order valence-corrected chi connectivity index (χ1v) is 9.83. The number of carbonyl (C=O) groups is 2. The van der Waals surface area contributed by atoms with Crippen LogP contribution in [0.25, 0.3) is 10.9 Å². The van der Waals surface area contributed by atoms with Gasteiger partial charge in [0, 0.05) is 28.4 Å². The van der Waals surface area contributed by atoms with Crippen molar-refractivity contribution in [3.63, 3.8) is 0 Å². The van der Waals surface area contributed by atoms with Gasteiger partial charge in [0.1, 0.15) is 0 Å². The van der Waals surface area contributed by atoms with Crippen LogP contribution in [0.1, 0.15) is 45.4 Å². The highest BCUT2D eigenvalue weighted by Crippen LogP contribution is 2.40.